The molecule has 1 nitrogen and oxygen atoms in total. The highest BCUT2D eigenvalue weighted by atomic mass is 35.5. The third-order valence-corrected chi connectivity index (χ3v) is 5.36. The summed E-state index contributed by atoms with van der Waals surface area (Å²) in [5.74, 6) is 0.478. The van der Waals surface area contributed by atoms with Crippen LogP contribution in [-0.2, 0) is 5.88 Å². The summed E-state index contributed by atoms with van der Waals surface area (Å²) in [6.07, 6.45) is 1.83. The Morgan fingerprint density at radius 2 is 1.61 bits per heavy atom. The van der Waals surface area contributed by atoms with E-state index in [2.05, 4.69) is 61.4 Å². The van der Waals surface area contributed by atoms with Crippen LogP contribution in [0.25, 0.3) is 0 Å². The summed E-state index contributed by atoms with van der Waals surface area (Å²) in [5.41, 5.74) is 4.89. The molecule has 0 fully saturated rings. The Balaban J connectivity index is 2.00. The maximum atomic E-state index is 6.07. The molecule has 4 heteroatoms. The molecule has 0 radical (unpaired) electrons. The van der Waals surface area contributed by atoms with Crippen LogP contribution in [-0.4, -0.2) is 12.8 Å². The van der Waals surface area contributed by atoms with Crippen LogP contribution in [0.2, 0.25) is 0 Å². The Labute approximate surface area is 147 Å². The molecule has 0 bridgehead atoms. The van der Waals surface area contributed by atoms with E-state index in [1.54, 1.807) is 11.8 Å². The van der Waals surface area contributed by atoms with E-state index in [-0.39, 0.29) is 5.25 Å². The van der Waals surface area contributed by atoms with Crippen LogP contribution in [0.3, 0.4) is 0 Å². The molecule has 0 aliphatic heterocycles. The summed E-state index contributed by atoms with van der Waals surface area (Å²) >= 11 is 7.83. The number of rotatable bonds is 5. The number of hydrogen-bond acceptors (Lipinski definition) is 2. The lowest BCUT2D eigenvalue weighted by Crippen LogP contribution is -2.04. The number of alkyl halides is 1. The zero-order chi connectivity index (χ0) is 16.1. The third-order valence-electron chi connectivity index (χ3n) is 3.71. The number of pyridine rings is 1. The molecule has 2 aromatic carbocycles. The van der Waals surface area contributed by atoms with E-state index in [0.29, 0.717) is 5.88 Å². The lowest BCUT2D eigenvalue weighted by molar-refractivity contribution is 1.05. The lowest BCUT2D eigenvalue weighted by Gasteiger charge is -2.18. The van der Waals surface area contributed by atoms with Gasteiger partial charge in [-0.1, -0.05) is 77.9 Å². The van der Waals surface area contributed by atoms with Crippen molar-refractivity contribution in [2.24, 2.45) is 0 Å². The van der Waals surface area contributed by atoms with E-state index in [1.165, 1.54) is 16.6 Å². The van der Waals surface area contributed by atoms with Crippen LogP contribution < -0.4 is 5.46 Å². The molecular formula is C19H17BClNS. The number of hydrogen-bond donors (Lipinski definition) is 0. The molecule has 0 saturated carbocycles. The standard InChI is InChI=1S/C19H17BClNS/c20-17-10-8-15(9-11-17)18(14-5-2-1-3-6-14)23-19-16(13-21)7-4-12-22-19/h1-12,18H,13,20H2. The van der Waals surface area contributed by atoms with E-state index < -0.39 is 0 Å². The molecule has 1 aromatic heterocycles. The van der Waals surface area contributed by atoms with Gasteiger partial charge in [0.1, 0.15) is 12.9 Å². The first-order valence-electron chi connectivity index (χ1n) is 7.56. The second-order valence-corrected chi connectivity index (χ2v) is 6.78. The fourth-order valence-electron chi connectivity index (χ4n) is 2.44. The van der Waals surface area contributed by atoms with Crippen molar-refractivity contribution in [1.29, 1.82) is 0 Å². The molecule has 23 heavy (non-hydrogen) atoms. The van der Waals surface area contributed by atoms with Crippen molar-refractivity contribution in [2.75, 3.05) is 0 Å². The smallest absolute Gasteiger partial charge is 0.139 e. The zero-order valence-corrected chi connectivity index (χ0v) is 14.5. The van der Waals surface area contributed by atoms with Gasteiger partial charge in [0, 0.05) is 6.20 Å². The van der Waals surface area contributed by atoms with Gasteiger partial charge in [-0.2, -0.15) is 0 Å². The Kier molecular flexibility index (Phi) is 5.42. The summed E-state index contributed by atoms with van der Waals surface area (Å²) in [7, 11) is 2.11. The molecule has 0 N–H and O–H groups in total. The summed E-state index contributed by atoms with van der Waals surface area (Å²) in [6.45, 7) is 0. The van der Waals surface area contributed by atoms with E-state index >= 15 is 0 Å². The largest absolute Gasteiger partial charge is 0.250 e. The Hall–Kier alpha value is -1.71. The molecule has 1 unspecified atom stereocenters. The van der Waals surface area contributed by atoms with Crippen LogP contribution in [0.1, 0.15) is 21.9 Å². The molecule has 1 heterocycles. The summed E-state index contributed by atoms with van der Waals surface area (Å²) in [4.78, 5) is 4.54. The first-order valence-corrected chi connectivity index (χ1v) is 8.97. The first-order chi connectivity index (χ1) is 11.3. The number of halogens is 1. The molecule has 114 valence electrons. The van der Waals surface area contributed by atoms with Crippen molar-refractivity contribution in [3.05, 3.63) is 89.6 Å². The fraction of sp³-hybridized carbons (Fsp3) is 0.105. The minimum absolute atomic E-state index is 0.202. The number of nitrogens with zero attached hydrogens (tertiary/aromatic N) is 1. The zero-order valence-electron chi connectivity index (χ0n) is 12.9. The average molecular weight is 338 g/mol. The second kappa shape index (κ2) is 7.71. The van der Waals surface area contributed by atoms with Crippen LogP contribution in [0.5, 0.6) is 0 Å². The van der Waals surface area contributed by atoms with Crippen molar-refractivity contribution in [3.8, 4) is 0 Å². The minimum Gasteiger partial charge on any atom is -0.250 e. The summed E-state index contributed by atoms with van der Waals surface area (Å²) < 4.78 is 0. The van der Waals surface area contributed by atoms with Crippen molar-refractivity contribution in [1.82, 2.24) is 4.98 Å². The molecule has 0 amide bonds. The Morgan fingerprint density at radius 1 is 0.913 bits per heavy atom. The number of benzene rings is 2. The van der Waals surface area contributed by atoms with Crippen molar-refractivity contribution < 1.29 is 0 Å². The van der Waals surface area contributed by atoms with Crippen LogP contribution >= 0.6 is 23.4 Å². The van der Waals surface area contributed by atoms with Gasteiger partial charge in [0.25, 0.3) is 0 Å². The van der Waals surface area contributed by atoms with Gasteiger partial charge in [-0.15, -0.1) is 11.6 Å². The molecule has 0 aliphatic rings. The average Bonchev–Trinajstić information content (AvgIpc) is 2.61. The van der Waals surface area contributed by atoms with Crippen molar-refractivity contribution in [2.45, 2.75) is 16.2 Å². The maximum Gasteiger partial charge on any atom is 0.139 e. The minimum atomic E-state index is 0.202. The molecule has 0 aliphatic carbocycles. The highest BCUT2D eigenvalue weighted by molar-refractivity contribution is 7.99. The molecule has 3 rings (SSSR count). The van der Waals surface area contributed by atoms with Gasteiger partial charge in [0.05, 0.1) is 11.1 Å². The predicted octanol–water partition coefficient (Wildman–Crippen LogP) is 3.96. The van der Waals surface area contributed by atoms with Crippen LogP contribution in [0.4, 0.5) is 0 Å². The van der Waals surface area contributed by atoms with Crippen LogP contribution in [0, 0.1) is 0 Å². The number of aromatic nitrogens is 1. The maximum absolute atomic E-state index is 6.07. The number of thioether (sulfide) groups is 1. The molecule has 0 spiro atoms. The second-order valence-electron chi connectivity index (χ2n) is 5.42. The topological polar surface area (TPSA) is 12.9 Å². The van der Waals surface area contributed by atoms with Gasteiger partial charge >= 0.3 is 0 Å². The summed E-state index contributed by atoms with van der Waals surface area (Å²) in [5, 5.41) is 1.20. The van der Waals surface area contributed by atoms with E-state index in [9.17, 15) is 0 Å². The van der Waals surface area contributed by atoms with Gasteiger partial charge in [-0.05, 0) is 22.8 Å². The molecule has 3 aromatic rings. The van der Waals surface area contributed by atoms with Crippen molar-refractivity contribution in [3.63, 3.8) is 0 Å². The van der Waals surface area contributed by atoms with Gasteiger partial charge in [0.15, 0.2) is 0 Å². The highest BCUT2D eigenvalue weighted by Gasteiger charge is 2.17. The highest BCUT2D eigenvalue weighted by Crippen LogP contribution is 2.40. The van der Waals surface area contributed by atoms with Gasteiger partial charge in [0.2, 0.25) is 0 Å². The Morgan fingerprint density at radius 3 is 2.30 bits per heavy atom. The normalized spacial score (nSPS) is 12.0. The Bertz CT molecular complexity index is 762. The molecular weight excluding hydrogens is 321 g/mol. The van der Waals surface area contributed by atoms with Crippen LogP contribution in [0.15, 0.2) is 78.0 Å². The van der Waals surface area contributed by atoms with E-state index in [1.807, 2.05) is 24.4 Å². The molecule has 0 saturated heterocycles. The SMILES string of the molecule is Bc1ccc(C(Sc2ncccc2CCl)c2ccccc2)cc1. The first kappa shape index (κ1) is 16.2. The third kappa shape index (κ3) is 3.98. The lowest BCUT2D eigenvalue weighted by atomic mass is 9.94. The fourth-order valence-corrected chi connectivity index (χ4v) is 3.96. The van der Waals surface area contributed by atoms with Gasteiger partial charge in [-0.3, -0.25) is 0 Å². The van der Waals surface area contributed by atoms with E-state index in [0.717, 1.165) is 10.6 Å². The summed E-state index contributed by atoms with van der Waals surface area (Å²) in [6, 6.07) is 23.2. The quantitative estimate of drug-likeness (QED) is 0.397. The molecule has 1 atom stereocenters. The van der Waals surface area contributed by atoms with E-state index in [4.69, 9.17) is 11.6 Å². The monoisotopic (exact) mass is 337 g/mol. The van der Waals surface area contributed by atoms with Crippen molar-refractivity contribution >= 4 is 36.7 Å². The van der Waals surface area contributed by atoms with Gasteiger partial charge < -0.3 is 0 Å². The predicted molar refractivity (Wildman–Crippen MR) is 103 cm³/mol. The van der Waals surface area contributed by atoms with Gasteiger partial charge in [-0.25, -0.2) is 4.98 Å².